The maximum Gasteiger partial charge on any atom is 0.277 e. The van der Waals surface area contributed by atoms with Gasteiger partial charge in [-0.25, -0.2) is 0 Å². The average molecular weight is 233 g/mol. The average Bonchev–Trinajstić information content (AvgIpc) is 2.29. The molecule has 1 radical (unpaired) electrons. The minimum atomic E-state index is -0.418. The highest BCUT2D eigenvalue weighted by Crippen LogP contribution is 2.33. The fourth-order valence-electron chi connectivity index (χ4n) is 1.49. The highest BCUT2D eigenvalue weighted by molar-refractivity contribution is 6.33. The second-order valence-corrected chi connectivity index (χ2v) is 3.55. The zero-order valence-corrected chi connectivity index (χ0v) is 8.94. The van der Waals surface area contributed by atoms with Gasteiger partial charge in [0.05, 0.1) is 15.5 Å². The number of benzene rings is 2. The molecule has 79 valence electrons. The Bertz CT molecular complexity index is 540. The second kappa shape index (κ2) is 4.33. The Morgan fingerprint density at radius 1 is 1.12 bits per heavy atom. The van der Waals surface area contributed by atoms with E-state index in [0.717, 1.165) is 0 Å². The largest absolute Gasteiger partial charge is 0.277 e. The molecule has 0 bridgehead atoms. The summed E-state index contributed by atoms with van der Waals surface area (Å²) in [6.07, 6.45) is 0. The van der Waals surface area contributed by atoms with E-state index in [1.807, 2.05) is 0 Å². The fourth-order valence-corrected chi connectivity index (χ4v) is 1.71. The molecule has 0 atom stereocenters. The Hall–Kier alpha value is -1.87. The van der Waals surface area contributed by atoms with Gasteiger partial charge in [0.15, 0.2) is 0 Å². The van der Waals surface area contributed by atoms with Gasteiger partial charge in [-0.3, -0.25) is 10.1 Å². The topological polar surface area (TPSA) is 43.1 Å². The molecule has 0 aliphatic rings. The normalized spacial score (nSPS) is 10.1. The molecule has 0 amide bonds. The zero-order valence-electron chi connectivity index (χ0n) is 8.18. The molecule has 0 fully saturated rings. The van der Waals surface area contributed by atoms with Gasteiger partial charge in [0.1, 0.15) is 0 Å². The van der Waals surface area contributed by atoms with Crippen molar-refractivity contribution < 1.29 is 4.92 Å². The molecule has 16 heavy (non-hydrogen) atoms. The fraction of sp³-hybridized carbons (Fsp3) is 0. The van der Waals surface area contributed by atoms with Gasteiger partial charge in [-0.2, -0.15) is 0 Å². The molecule has 0 heterocycles. The number of hydrogen-bond acceptors (Lipinski definition) is 2. The van der Waals surface area contributed by atoms with Crippen LogP contribution in [0.3, 0.4) is 0 Å². The first-order chi connectivity index (χ1) is 7.70. The molecule has 0 aromatic heterocycles. The minimum Gasteiger partial charge on any atom is -0.258 e. The van der Waals surface area contributed by atoms with Gasteiger partial charge in [-0.1, -0.05) is 41.9 Å². The summed E-state index contributed by atoms with van der Waals surface area (Å²) in [4.78, 5) is 10.4. The molecular weight excluding hydrogens is 226 g/mol. The van der Waals surface area contributed by atoms with Crippen molar-refractivity contribution in [1.29, 1.82) is 0 Å². The van der Waals surface area contributed by atoms with Crippen molar-refractivity contribution in [2.24, 2.45) is 0 Å². The van der Waals surface area contributed by atoms with Crippen molar-refractivity contribution >= 4 is 17.3 Å². The highest BCUT2D eigenvalue weighted by Gasteiger charge is 2.15. The van der Waals surface area contributed by atoms with Gasteiger partial charge in [0, 0.05) is 17.7 Å². The summed E-state index contributed by atoms with van der Waals surface area (Å²) in [5.41, 5.74) is 1.18. The summed E-state index contributed by atoms with van der Waals surface area (Å²) < 4.78 is 0. The predicted molar refractivity (Wildman–Crippen MR) is 62.4 cm³/mol. The van der Waals surface area contributed by atoms with E-state index in [1.54, 1.807) is 36.4 Å². The third-order valence-corrected chi connectivity index (χ3v) is 2.51. The van der Waals surface area contributed by atoms with Crippen molar-refractivity contribution in [2.75, 3.05) is 0 Å². The minimum absolute atomic E-state index is 0.0454. The standard InChI is InChI=1S/C12H7ClNO2/c13-11-7-3-1-5-9(11)10-6-2-4-8-12(10)14(15)16/h1-6,8H. The Morgan fingerprint density at radius 2 is 1.81 bits per heavy atom. The number of nitrogens with zero attached hydrogens (tertiary/aromatic N) is 1. The molecular formula is C12H7ClNO2. The van der Waals surface area contributed by atoms with Crippen molar-refractivity contribution in [2.45, 2.75) is 0 Å². The lowest BCUT2D eigenvalue weighted by molar-refractivity contribution is -0.384. The number of hydrogen-bond donors (Lipinski definition) is 0. The lowest BCUT2D eigenvalue weighted by Gasteiger charge is -2.04. The van der Waals surface area contributed by atoms with Crippen LogP contribution in [-0.2, 0) is 0 Å². The molecule has 4 heteroatoms. The maximum atomic E-state index is 10.9. The number of nitro benzene ring substituents is 1. The van der Waals surface area contributed by atoms with Gasteiger partial charge < -0.3 is 0 Å². The van der Waals surface area contributed by atoms with Crippen LogP contribution in [-0.4, -0.2) is 4.92 Å². The third-order valence-electron chi connectivity index (χ3n) is 2.20. The highest BCUT2D eigenvalue weighted by atomic mass is 35.5. The summed E-state index contributed by atoms with van der Waals surface area (Å²) in [7, 11) is 0. The molecule has 2 rings (SSSR count). The summed E-state index contributed by atoms with van der Waals surface area (Å²) in [6.45, 7) is 0. The summed E-state index contributed by atoms with van der Waals surface area (Å²) >= 11 is 5.96. The molecule has 0 unspecified atom stereocenters. The molecule has 0 aliphatic heterocycles. The van der Waals surface area contributed by atoms with Gasteiger partial charge in [0.25, 0.3) is 5.69 Å². The third kappa shape index (κ3) is 1.90. The molecule has 2 aromatic rings. The quantitative estimate of drug-likeness (QED) is 0.585. The molecule has 0 N–H and O–H groups in total. The van der Waals surface area contributed by atoms with E-state index in [0.29, 0.717) is 16.1 Å². The van der Waals surface area contributed by atoms with Crippen LogP contribution in [0, 0.1) is 16.2 Å². The number of rotatable bonds is 2. The molecule has 0 saturated heterocycles. The van der Waals surface area contributed by atoms with E-state index in [-0.39, 0.29) is 5.69 Å². The molecule has 0 saturated carbocycles. The van der Waals surface area contributed by atoms with Crippen LogP contribution >= 0.6 is 11.6 Å². The Labute approximate surface area is 97.4 Å². The van der Waals surface area contributed by atoms with E-state index >= 15 is 0 Å². The van der Waals surface area contributed by atoms with Crippen LogP contribution in [0.2, 0.25) is 5.02 Å². The number of halogens is 1. The lowest BCUT2D eigenvalue weighted by Crippen LogP contribution is -1.91. The van der Waals surface area contributed by atoms with Gasteiger partial charge in [0.2, 0.25) is 0 Å². The van der Waals surface area contributed by atoms with E-state index < -0.39 is 4.92 Å². The molecule has 2 aromatic carbocycles. The van der Waals surface area contributed by atoms with Crippen molar-refractivity contribution in [3.63, 3.8) is 0 Å². The predicted octanol–water partition coefficient (Wildman–Crippen LogP) is 3.72. The number of nitro groups is 1. The van der Waals surface area contributed by atoms with E-state index in [9.17, 15) is 10.1 Å². The van der Waals surface area contributed by atoms with Crippen LogP contribution in [0.15, 0.2) is 42.5 Å². The zero-order chi connectivity index (χ0) is 11.5. The van der Waals surface area contributed by atoms with Gasteiger partial charge in [-0.15, -0.1) is 0 Å². The Kier molecular flexibility index (Phi) is 2.88. The van der Waals surface area contributed by atoms with Crippen molar-refractivity contribution in [1.82, 2.24) is 0 Å². The molecule has 3 nitrogen and oxygen atoms in total. The first kappa shape index (κ1) is 10.6. The van der Waals surface area contributed by atoms with E-state index in [2.05, 4.69) is 6.07 Å². The van der Waals surface area contributed by atoms with Crippen LogP contribution < -0.4 is 0 Å². The first-order valence-corrected chi connectivity index (χ1v) is 4.98. The van der Waals surface area contributed by atoms with E-state index in [4.69, 9.17) is 11.6 Å². The van der Waals surface area contributed by atoms with Gasteiger partial charge in [-0.05, 0) is 6.07 Å². The van der Waals surface area contributed by atoms with Crippen LogP contribution in [0.4, 0.5) is 5.69 Å². The van der Waals surface area contributed by atoms with Crippen LogP contribution in [0.5, 0.6) is 0 Å². The van der Waals surface area contributed by atoms with E-state index in [1.165, 1.54) is 6.07 Å². The summed E-state index contributed by atoms with van der Waals surface area (Å²) in [5.74, 6) is 0. The van der Waals surface area contributed by atoms with Crippen LogP contribution in [0.1, 0.15) is 0 Å². The van der Waals surface area contributed by atoms with Crippen molar-refractivity contribution in [3.05, 3.63) is 63.7 Å². The lowest BCUT2D eigenvalue weighted by atomic mass is 10.0. The summed E-state index contributed by atoms with van der Waals surface area (Å²) in [6, 6.07) is 14.5. The van der Waals surface area contributed by atoms with Gasteiger partial charge >= 0.3 is 0 Å². The maximum absolute atomic E-state index is 10.9. The monoisotopic (exact) mass is 232 g/mol. The first-order valence-electron chi connectivity index (χ1n) is 4.60. The molecule has 0 aliphatic carbocycles. The SMILES string of the molecule is O=[N+]([O-])c1ccccc1-c1ccc[c]c1Cl. The second-order valence-electron chi connectivity index (χ2n) is 3.17. The van der Waals surface area contributed by atoms with Crippen LogP contribution in [0.25, 0.3) is 11.1 Å². The smallest absolute Gasteiger partial charge is 0.258 e. The summed E-state index contributed by atoms with van der Waals surface area (Å²) in [5, 5.41) is 11.2. The Balaban J connectivity index is 2.65. The number of para-hydroxylation sites is 1. The van der Waals surface area contributed by atoms with Crippen molar-refractivity contribution in [3.8, 4) is 11.1 Å². The molecule has 0 spiro atoms. The Morgan fingerprint density at radius 3 is 2.50 bits per heavy atom.